The normalized spacial score (nSPS) is 12.3. The number of ether oxygens (including phenoxy) is 1. The van der Waals surface area contributed by atoms with E-state index in [1.54, 1.807) is 36.2 Å². The first-order valence-corrected chi connectivity index (χ1v) is 7.34. The summed E-state index contributed by atoms with van der Waals surface area (Å²) in [6.45, 7) is 0.474. The Kier molecular flexibility index (Phi) is 4.10. The van der Waals surface area contributed by atoms with E-state index in [2.05, 4.69) is 15.5 Å². The third kappa shape index (κ3) is 3.08. The van der Waals surface area contributed by atoms with Gasteiger partial charge >= 0.3 is 0 Å². The molecule has 8 heteroatoms. The average molecular weight is 281 g/mol. The fourth-order valence-electron chi connectivity index (χ4n) is 1.62. The average Bonchev–Trinajstić information content (AvgIpc) is 2.85. The van der Waals surface area contributed by atoms with E-state index in [4.69, 9.17) is 10.5 Å². The number of aromatic nitrogens is 4. The standard InChI is InChI=1S/C11H15N5O2S/c1-18-8-3-4-10(12)9(7-8)11-13-14-15-16(11)5-6-19(2)17/h3-4,7H,5-6,12H2,1-2H3. The number of hydrogen-bond donors (Lipinski definition) is 1. The number of anilines is 1. The van der Waals surface area contributed by atoms with Crippen LogP contribution >= 0.6 is 0 Å². The molecule has 2 aromatic rings. The Morgan fingerprint density at radius 3 is 2.95 bits per heavy atom. The summed E-state index contributed by atoms with van der Waals surface area (Å²) in [5, 5.41) is 11.5. The van der Waals surface area contributed by atoms with Crippen molar-refractivity contribution in [2.45, 2.75) is 6.54 Å². The molecule has 1 aromatic carbocycles. The highest BCUT2D eigenvalue weighted by Crippen LogP contribution is 2.27. The number of benzene rings is 1. The molecule has 0 amide bonds. The van der Waals surface area contributed by atoms with Crippen molar-refractivity contribution in [2.75, 3.05) is 24.9 Å². The van der Waals surface area contributed by atoms with Crippen molar-refractivity contribution in [2.24, 2.45) is 0 Å². The number of methoxy groups -OCH3 is 1. The summed E-state index contributed by atoms with van der Waals surface area (Å²) in [6.07, 6.45) is 1.64. The second-order valence-corrected chi connectivity index (χ2v) is 5.51. The fourth-order valence-corrected chi connectivity index (χ4v) is 2.05. The molecule has 0 spiro atoms. The molecule has 1 atom stereocenters. The predicted octanol–water partition coefficient (Wildman–Crippen LogP) is 0.309. The lowest BCUT2D eigenvalue weighted by Gasteiger charge is -2.08. The number of aryl methyl sites for hydroxylation is 1. The van der Waals surface area contributed by atoms with Crippen LogP contribution in [0.3, 0.4) is 0 Å². The maximum absolute atomic E-state index is 11.1. The monoisotopic (exact) mass is 281 g/mol. The summed E-state index contributed by atoms with van der Waals surface area (Å²) in [6, 6.07) is 5.29. The number of nitrogens with zero attached hydrogens (tertiary/aromatic N) is 4. The van der Waals surface area contributed by atoms with Gasteiger partial charge in [-0.25, -0.2) is 4.68 Å². The van der Waals surface area contributed by atoms with E-state index >= 15 is 0 Å². The molecule has 0 saturated carbocycles. The van der Waals surface area contributed by atoms with Gasteiger partial charge in [0.05, 0.1) is 13.7 Å². The van der Waals surface area contributed by atoms with Gasteiger partial charge in [0.2, 0.25) is 0 Å². The van der Waals surface area contributed by atoms with E-state index in [0.29, 0.717) is 35.1 Å². The second-order valence-electron chi connectivity index (χ2n) is 3.96. The topological polar surface area (TPSA) is 95.9 Å². The smallest absolute Gasteiger partial charge is 0.184 e. The van der Waals surface area contributed by atoms with Gasteiger partial charge in [0.1, 0.15) is 5.75 Å². The molecular weight excluding hydrogens is 266 g/mol. The third-order valence-corrected chi connectivity index (χ3v) is 3.38. The molecule has 2 rings (SSSR count). The zero-order chi connectivity index (χ0) is 13.8. The third-order valence-electron chi connectivity index (χ3n) is 2.62. The molecule has 0 fully saturated rings. The molecule has 0 saturated heterocycles. The molecule has 2 N–H and O–H groups in total. The minimum atomic E-state index is -0.899. The molecule has 102 valence electrons. The molecule has 1 heterocycles. The van der Waals surface area contributed by atoms with Crippen molar-refractivity contribution in [1.29, 1.82) is 0 Å². The van der Waals surface area contributed by atoms with Crippen molar-refractivity contribution >= 4 is 16.5 Å². The number of rotatable bonds is 5. The minimum absolute atomic E-state index is 0.474. The largest absolute Gasteiger partial charge is 0.497 e. The molecule has 19 heavy (non-hydrogen) atoms. The van der Waals surface area contributed by atoms with E-state index in [-0.39, 0.29) is 0 Å². The lowest BCUT2D eigenvalue weighted by atomic mass is 10.1. The Morgan fingerprint density at radius 1 is 1.47 bits per heavy atom. The van der Waals surface area contributed by atoms with E-state index in [9.17, 15) is 4.21 Å². The SMILES string of the molecule is COc1ccc(N)c(-c2nnnn2CCS(C)=O)c1. The fraction of sp³-hybridized carbons (Fsp3) is 0.364. The maximum Gasteiger partial charge on any atom is 0.184 e. The Labute approximate surface area is 113 Å². The van der Waals surface area contributed by atoms with Crippen LogP contribution in [-0.2, 0) is 17.3 Å². The Balaban J connectivity index is 2.36. The summed E-state index contributed by atoms with van der Waals surface area (Å²) in [7, 11) is 0.683. The van der Waals surface area contributed by atoms with Crippen LogP contribution in [0.1, 0.15) is 0 Å². The van der Waals surface area contributed by atoms with Crippen molar-refractivity contribution in [3.05, 3.63) is 18.2 Å². The number of nitrogen functional groups attached to an aromatic ring is 1. The summed E-state index contributed by atoms with van der Waals surface area (Å²) in [5.74, 6) is 1.71. The zero-order valence-electron chi connectivity index (χ0n) is 10.7. The van der Waals surface area contributed by atoms with Crippen molar-refractivity contribution < 1.29 is 8.95 Å². The van der Waals surface area contributed by atoms with Gasteiger partial charge in [-0.2, -0.15) is 0 Å². The quantitative estimate of drug-likeness (QED) is 0.792. The van der Waals surface area contributed by atoms with E-state index in [1.165, 1.54) is 0 Å². The molecule has 7 nitrogen and oxygen atoms in total. The molecule has 0 radical (unpaired) electrons. The zero-order valence-corrected chi connectivity index (χ0v) is 11.6. The van der Waals surface area contributed by atoms with Gasteiger partial charge in [0, 0.05) is 34.1 Å². The van der Waals surface area contributed by atoms with E-state index < -0.39 is 10.8 Å². The summed E-state index contributed by atoms with van der Waals surface area (Å²) in [5.41, 5.74) is 7.20. The first-order valence-electron chi connectivity index (χ1n) is 5.62. The van der Waals surface area contributed by atoms with Gasteiger partial charge in [-0.3, -0.25) is 4.21 Å². The molecular formula is C11H15N5O2S. The molecule has 0 aliphatic rings. The summed E-state index contributed by atoms with van der Waals surface area (Å²) < 4.78 is 17.9. The molecule has 0 aliphatic carbocycles. The molecule has 0 bridgehead atoms. The number of nitrogens with two attached hydrogens (primary N) is 1. The lowest BCUT2D eigenvalue weighted by molar-refractivity contribution is 0.415. The lowest BCUT2D eigenvalue weighted by Crippen LogP contribution is -2.10. The van der Waals surface area contributed by atoms with Gasteiger partial charge in [-0.15, -0.1) is 5.10 Å². The van der Waals surface area contributed by atoms with Gasteiger partial charge < -0.3 is 10.5 Å². The van der Waals surface area contributed by atoms with Crippen LogP contribution in [0.25, 0.3) is 11.4 Å². The summed E-state index contributed by atoms with van der Waals surface area (Å²) >= 11 is 0. The Bertz CT molecular complexity index is 599. The van der Waals surface area contributed by atoms with Crippen LogP contribution in [0.5, 0.6) is 5.75 Å². The van der Waals surface area contributed by atoms with Crippen molar-refractivity contribution in [3.8, 4) is 17.1 Å². The summed E-state index contributed by atoms with van der Waals surface area (Å²) in [4.78, 5) is 0. The predicted molar refractivity (Wildman–Crippen MR) is 73.2 cm³/mol. The van der Waals surface area contributed by atoms with Crippen LogP contribution in [0.15, 0.2) is 18.2 Å². The van der Waals surface area contributed by atoms with Gasteiger partial charge in [-0.05, 0) is 28.6 Å². The maximum atomic E-state index is 11.1. The Hall–Kier alpha value is -1.96. The van der Waals surface area contributed by atoms with Crippen LogP contribution in [0.2, 0.25) is 0 Å². The second kappa shape index (κ2) is 5.79. The highest BCUT2D eigenvalue weighted by Gasteiger charge is 2.13. The van der Waals surface area contributed by atoms with Crippen LogP contribution in [0, 0.1) is 0 Å². The van der Waals surface area contributed by atoms with Crippen molar-refractivity contribution in [3.63, 3.8) is 0 Å². The van der Waals surface area contributed by atoms with Gasteiger partial charge in [0.15, 0.2) is 5.82 Å². The number of tetrazole rings is 1. The Morgan fingerprint density at radius 2 is 2.26 bits per heavy atom. The van der Waals surface area contributed by atoms with E-state index in [1.807, 2.05) is 0 Å². The molecule has 1 unspecified atom stereocenters. The van der Waals surface area contributed by atoms with E-state index in [0.717, 1.165) is 0 Å². The highest BCUT2D eigenvalue weighted by atomic mass is 32.2. The minimum Gasteiger partial charge on any atom is -0.497 e. The van der Waals surface area contributed by atoms with Crippen LogP contribution in [0.4, 0.5) is 5.69 Å². The van der Waals surface area contributed by atoms with Crippen molar-refractivity contribution in [1.82, 2.24) is 20.2 Å². The first kappa shape index (κ1) is 13.5. The van der Waals surface area contributed by atoms with Gasteiger partial charge in [0.25, 0.3) is 0 Å². The molecule has 1 aromatic heterocycles. The first-order chi connectivity index (χ1) is 9.11. The molecule has 0 aliphatic heterocycles. The number of hydrogen-bond acceptors (Lipinski definition) is 6. The van der Waals surface area contributed by atoms with Crippen LogP contribution in [-0.4, -0.2) is 43.5 Å². The van der Waals surface area contributed by atoms with Gasteiger partial charge in [-0.1, -0.05) is 0 Å². The highest BCUT2D eigenvalue weighted by molar-refractivity contribution is 7.84. The van der Waals surface area contributed by atoms with Crippen LogP contribution < -0.4 is 10.5 Å².